The number of nitrogens with one attached hydrogen (secondary N) is 1. The Balaban J connectivity index is 1.42. The predicted molar refractivity (Wildman–Crippen MR) is 110 cm³/mol. The summed E-state index contributed by atoms with van der Waals surface area (Å²) in [5.74, 6) is 3.16. The van der Waals surface area contributed by atoms with Crippen LogP contribution in [-0.4, -0.2) is 62.4 Å². The number of halogens is 1. The molecule has 8 nitrogen and oxygen atoms in total. The summed E-state index contributed by atoms with van der Waals surface area (Å²) in [7, 11) is -1.08. The van der Waals surface area contributed by atoms with E-state index in [4.69, 9.17) is 21.3 Å². The van der Waals surface area contributed by atoms with Crippen LogP contribution in [0.15, 0.2) is 17.3 Å². The van der Waals surface area contributed by atoms with Gasteiger partial charge in [0.15, 0.2) is 11.6 Å². The van der Waals surface area contributed by atoms with Crippen molar-refractivity contribution < 1.29 is 14.1 Å². The van der Waals surface area contributed by atoms with Crippen molar-refractivity contribution in [3.05, 3.63) is 28.9 Å². The van der Waals surface area contributed by atoms with Gasteiger partial charge in [0.2, 0.25) is 0 Å². The van der Waals surface area contributed by atoms with Crippen molar-refractivity contribution in [2.45, 2.75) is 36.1 Å². The molecule has 0 aliphatic carbocycles. The van der Waals surface area contributed by atoms with Crippen LogP contribution in [0.5, 0.6) is 5.75 Å². The van der Waals surface area contributed by atoms with Crippen LogP contribution in [0.25, 0.3) is 0 Å². The lowest BCUT2D eigenvalue weighted by atomic mass is 9.96. The number of aliphatic hydroxyl groups is 1. The van der Waals surface area contributed by atoms with Gasteiger partial charge < -0.3 is 20.1 Å². The van der Waals surface area contributed by atoms with Crippen molar-refractivity contribution in [1.82, 2.24) is 15.0 Å². The molecule has 1 saturated heterocycles. The lowest BCUT2D eigenvalue weighted by Crippen LogP contribution is -2.38. The largest absolute Gasteiger partial charge is 0.485 e. The number of ether oxygens (including phenoxy) is 1. The fraction of sp³-hybridized carbons (Fsp3) is 0.526. The zero-order valence-electron chi connectivity index (χ0n) is 15.8. The molecule has 0 aromatic carbocycles. The minimum Gasteiger partial charge on any atom is -0.485 e. The minimum absolute atomic E-state index is 0.0367. The summed E-state index contributed by atoms with van der Waals surface area (Å²) >= 11 is 5.90. The van der Waals surface area contributed by atoms with Crippen LogP contribution in [0.3, 0.4) is 0 Å². The third-order valence-electron chi connectivity index (χ3n) is 5.71. The molecule has 3 aliphatic heterocycles. The van der Waals surface area contributed by atoms with Crippen molar-refractivity contribution in [2.24, 2.45) is 0 Å². The van der Waals surface area contributed by atoms with Gasteiger partial charge in [-0.2, -0.15) is 0 Å². The lowest BCUT2D eigenvalue weighted by Gasteiger charge is -2.36. The number of fused-ring (bicyclic) bond motifs is 3. The Hall–Kier alpha value is -1.97. The standard InChI is InChI=1S/C19H22ClN5O3S/c20-12-7-21-18(22-8-12)11-1-4-25(5-2-11)19-16-15(23-13(9-26)10-28-16)17-14(24-19)3-6-29(17)27/h7-8,11,13,23,26H,1-6,9-10H2. The van der Waals surface area contributed by atoms with Gasteiger partial charge in [0.05, 0.1) is 44.7 Å². The van der Waals surface area contributed by atoms with Gasteiger partial charge in [-0.3, -0.25) is 4.21 Å². The quantitative estimate of drug-likeness (QED) is 0.751. The van der Waals surface area contributed by atoms with Gasteiger partial charge in [0.1, 0.15) is 12.4 Å². The van der Waals surface area contributed by atoms with Gasteiger partial charge in [-0.15, -0.1) is 0 Å². The fourth-order valence-corrected chi connectivity index (χ4v) is 5.66. The van der Waals surface area contributed by atoms with E-state index in [1.807, 2.05) is 0 Å². The van der Waals surface area contributed by atoms with Crippen molar-refractivity contribution in [2.75, 3.05) is 42.3 Å². The second-order valence-corrected chi connectivity index (χ2v) is 9.51. The smallest absolute Gasteiger partial charge is 0.186 e. The number of rotatable bonds is 3. The highest BCUT2D eigenvalue weighted by Crippen LogP contribution is 2.45. The number of anilines is 2. The third-order valence-corrected chi connectivity index (χ3v) is 7.37. The van der Waals surface area contributed by atoms with E-state index in [2.05, 4.69) is 20.2 Å². The Morgan fingerprint density at radius 1 is 1.31 bits per heavy atom. The van der Waals surface area contributed by atoms with Crippen LogP contribution in [0.1, 0.15) is 30.3 Å². The Morgan fingerprint density at radius 2 is 2.07 bits per heavy atom. The molecule has 2 atom stereocenters. The second-order valence-electron chi connectivity index (χ2n) is 7.57. The van der Waals surface area contributed by atoms with Gasteiger partial charge in [-0.1, -0.05) is 11.6 Å². The zero-order chi connectivity index (χ0) is 20.0. The molecule has 0 bridgehead atoms. The van der Waals surface area contributed by atoms with E-state index < -0.39 is 10.8 Å². The first kappa shape index (κ1) is 19.0. The van der Waals surface area contributed by atoms with Gasteiger partial charge in [0, 0.05) is 43.6 Å². The number of nitrogens with zero attached hydrogens (tertiary/aromatic N) is 4. The Morgan fingerprint density at radius 3 is 2.79 bits per heavy atom. The molecule has 0 radical (unpaired) electrons. The number of hydrogen-bond donors (Lipinski definition) is 2. The van der Waals surface area contributed by atoms with Crippen LogP contribution in [-0.2, 0) is 17.2 Å². The average molecular weight is 436 g/mol. The highest BCUT2D eigenvalue weighted by Gasteiger charge is 2.35. The third kappa shape index (κ3) is 3.45. The molecule has 0 saturated carbocycles. The number of aryl methyl sites for hydroxylation is 1. The molecule has 2 N–H and O–H groups in total. The van der Waals surface area contributed by atoms with Crippen LogP contribution < -0.4 is 15.0 Å². The summed E-state index contributed by atoms with van der Waals surface area (Å²) in [6, 6.07) is -0.202. The van der Waals surface area contributed by atoms with Gasteiger partial charge in [0.25, 0.3) is 0 Å². The highest BCUT2D eigenvalue weighted by atomic mass is 35.5. The minimum atomic E-state index is -1.08. The first-order chi connectivity index (χ1) is 14.1. The average Bonchev–Trinajstić information content (AvgIpc) is 3.14. The van der Waals surface area contributed by atoms with Crippen LogP contribution >= 0.6 is 11.6 Å². The summed E-state index contributed by atoms with van der Waals surface area (Å²) in [5.41, 5.74) is 1.62. The molecule has 3 aliphatic rings. The summed E-state index contributed by atoms with van der Waals surface area (Å²) in [6.45, 7) is 1.94. The molecule has 0 amide bonds. The molecular formula is C19H22ClN5O3S. The van der Waals surface area contributed by atoms with Gasteiger partial charge in [-0.05, 0) is 12.8 Å². The highest BCUT2D eigenvalue weighted by molar-refractivity contribution is 7.85. The molecule has 5 rings (SSSR count). The first-order valence-electron chi connectivity index (χ1n) is 9.82. The fourth-order valence-electron chi connectivity index (χ4n) is 4.19. The Kier molecular flexibility index (Phi) is 5.05. The number of aromatic nitrogens is 3. The normalized spacial score (nSPS) is 23.9. The maximum atomic E-state index is 12.5. The zero-order valence-corrected chi connectivity index (χ0v) is 17.4. The molecule has 10 heteroatoms. The number of piperidine rings is 1. The van der Waals surface area contributed by atoms with Crippen molar-refractivity contribution in [3.63, 3.8) is 0 Å². The van der Waals surface area contributed by atoms with E-state index in [9.17, 15) is 9.32 Å². The van der Waals surface area contributed by atoms with Crippen molar-refractivity contribution >= 4 is 33.9 Å². The Bertz CT molecular complexity index is 950. The van der Waals surface area contributed by atoms with E-state index >= 15 is 0 Å². The number of pyridine rings is 1. The summed E-state index contributed by atoms with van der Waals surface area (Å²) in [5, 5.41) is 13.4. The first-order valence-corrected chi connectivity index (χ1v) is 11.5. The molecule has 2 unspecified atom stereocenters. The molecule has 29 heavy (non-hydrogen) atoms. The maximum absolute atomic E-state index is 12.5. The lowest BCUT2D eigenvalue weighted by molar-refractivity contribution is 0.206. The van der Waals surface area contributed by atoms with Crippen molar-refractivity contribution in [3.8, 4) is 5.75 Å². The molecule has 2 aromatic rings. The Labute approximate surface area is 176 Å². The van der Waals surface area contributed by atoms with Crippen LogP contribution in [0.2, 0.25) is 5.02 Å². The maximum Gasteiger partial charge on any atom is 0.186 e. The molecule has 154 valence electrons. The molecule has 0 spiro atoms. The molecule has 1 fully saturated rings. The van der Waals surface area contributed by atoms with Gasteiger partial charge >= 0.3 is 0 Å². The van der Waals surface area contributed by atoms with Gasteiger partial charge in [-0.25, -0.2) is 15.0 Å². The monoisotopic (exact) mass is 435 g/mol. The van der Waals surface area contributed by atoms with Crippen LogP contribution in [0.4, 0.5) is 11.5 Å². The topological polar surface area (TPSA) is 100 Å². The summed E-state index contributed by atoms with van der Waals surface area (Å²) in [6.07, 6.45) is 5.81. The summed E-state index contributed by atoms with van der Waals surface area (Å²) < 4.78 is 18.5. The molecule has 2 aromatic heterocycles. The number of hydrogen-bond acceptors (Lipinski definition) is 8. The predicted octanol–water partition coefficient (Wildman–Crippen LogP) is 1.74. The van der Waals surface area contributed by atoms with E-state index in [-0.39, 0.29) is 12.6 Å². The number of aliphatic hydroxyl groups excluding tert-OH is 1. The van der Waals surface area contributed by atoms with Crippen LogP contribution in [0, 0.1) is 0 Å². The van der Waals surface area contributed by atoms with E-state index in [1.54, 1.807) is 12.4 Å². The second kappa shape index (κ2) is 7.70. The SMILES string of the molecule is O=S1CCc2nc(N3CCC(c4ncc(Cl)cn4)CC3)c3c(c21)NC(CO)CO3. The van der Waals surface area contributed by atoms with Crippen molar-refractivity contribution in [1.29, 1.82) is 0 Å². The van der Waals surface area contributed by atoms with E-state index in [0.717, 1.165) is 53.9 Å². The molecular weight excluding hydrogens is 414 g/mol. The molecule has 5 heterocycles. The summed E-state index contributed by atoms with van der Waals surface area (Å²) in [4.78, 5) is 16.6. The van der Waals surface area contributed by atoms with E-state index in [1.165, 1.54) is 0 Å². The van der Waals surface area contributed by atoms with E-state index in [0.29, 0.717) is 35.5 Å².